The molecule has 0 aliphatic carbocycles. The first kappa shape index (κ1) is 19.8. The number of nitrogens with zero attached hydrogens (tertiary/aromatic N) is 2. The molecule has 1 amide bonds. The Labute approximate surface area is 166 Å². The van der Waals surface area contributed by atoms with Crippen LogP contribution in [-0.2, 0) is 16.9 Å². The Morgan fingerprint density at radius 3 is 2.63 bits per heavy atom. The number of fused-ring (bicyclic) bond motifs is 1. The SMILES string of the molecule is Cc1nsc(NC(=O)C(C)(F)c2ccc3oc(CC(C)(C)C)nc3c2)c1Cl. The van der Waals surface area contributed by atoms with Crippen molar-refractivity contribution in [2.75, 3.05) is 5.32 Å². The zero-order valence-electron chi connectivity index (χ0n) is 15.8. The van der Waals surface area contributed by atoms with E-state index in [1.807, 2.05) is 0 Å². The van der Waals surface area contributed by atoms with Crippen LogP contribution in [0.5, 0.6) is 0 Å². The van der Waals surface area contributed by atoms with Crippen molar-refractivity contribution in [3.8, 4) is 0 Å². The molecular formula is C19H21ClFN3O2S. The molecule has 5 nitrogen and oxygen atoms in total. The Bertz CT molecular complexity index is 1000. The lowest BCUT2D eigenvalue weighted by Crippen LogP contribution is -2.33. The molecule has 8 heteroatoms. The van der Waals surface area contributed by atoms with Gasteiger partial charge in [-0.1, -0.05) is 38.4 Å². The number of alkyl halides is 1. The van der Waals surface area contributed by atoms with E-state index in [9.17, 15) is 4.79 Å². The van der Waals surface area contributed by atoms with Crippen molar-refractivity contribution in [1.29, 1.82) is 0 Å². The van der Waals surface area contributed by atoms with E-state index in [-0.39, 0.29) is 11.0 Å². The number of nitrogens with one attached hydrogen (secondary N) is 1. The zero-order valence-corrected chi connectivity index (χ0v) is 17.4. The molecular weight excluding hydrogens is 389 g/mol. The predicted molar refractivity (Wildman–Crippen MR) is 106 cm³/mol. The topological polar surface area (TPSA) is 68.0 Å². The first-order chi connectivity index (χ1) is 12.5. The molecule has 3 aromatic rings. The highest BCUT2D eigenvalue weighted by molar-refractivity contribution is 7.11. The van der Waals surface area contributed by atoms with Gasteiger partial charge in [-0.25, -0.2) is 9.37 Å². The third kappa shape index (κ3) is 4.14. The molecule has 1 atom stereocenters. The second-order valence-electron chi connectivity index (χ2n) is 7.90. The summed E-state index contributed by atoms with van der Waals surface area (Å²) >= 11 is 7.09. The van der Waals surface area contributed by atoms with Crippen molar-refractivity contribution < 1.29 is 13.6 Å². The van der Waals surface area contributed by atoms with Crippen molar-refractivity contribution >= 4 is 45.1 Å². The minimum absolute atomic E-state index is 0.0182. The number of anilines is 1. The van der Waals surface area contributed by atoms with Crippen LogP contribution in [0.25, 0.3) is 11.1 Å². The molecule has 0 aliphatic rings. The van der Waals surface area contributed by atoms with E-state index in [1.165, 1.54) is 13.0 Å². The third-order valence-corrected chi connectivity index (χ3v) is 5.53. The third-order valence-electron chi connectivity index (χ3n) is 4.10. The summed E-state index contributed by atoms with van der Waals surface area (Å²) in [6.45, 7) is 9.19. The van der Waals surface area contributed by atoms with Gasteiger partial charge in [-0.05, 0) is 42.9 Å². The molecule has 144 valence electrons. The Morgan fingerprint density at radius 1 is 1.33 bits per heavy atom. The Hall–Kier alpha value is -1.99. The van der Waals surface area contributed by atoms with E-state index in [0.717, 1.165) is 11.5 Å². The first-order valence-electron chi connectivity index (χ1n) is 8.49. The van der Waals surface area contributed by atoms with Gasteiger partial charge in [0, 0.05) is 12.0 Å². The lowest BCUT2D eigenvalue weighted by atomic mass is 9.92. The minimum atomic E-state index is -2.27. The molecule has 1 unspecified atom stereocenters. The summed E-state index contributed by atoms with van der Waals surface area (Å²) in [5.41, 5.74) is -0.373. The number of benzene rings is 1. The highest BCUT2D eigenvalue weighted by Gasteiger charge is 2.36. The van der Waals surface area contributed by atoms with Crippen LogP contribution >= 0.6 is 23.1 Å². The van der Waals surface area contributed by atoms with E-state index in [1.54, 1.807) is 19.1 Å². The molecule has 0 spiro atoms. The number of rotatable bonds is 4. The number of oxazole rings is 1. The van der Waals surface area contributed by atoms with Crippen LogP contribution in [0.2, 0.25) is 5.02 Å². The van der Waals surface area contributed by atoms with Crippen molar-refractivity contribution in [2.45, 2.75) is 46.7 Å². The van der Waals surface area contributed by atoms with Crippen molar-refractivity contribution in [2.24, 2.45) is 5.41 Å². The average Bonchev–Trinajstić information content (AvgIpc) is 3.09. The summed E-state index contributed by atoms with van der Waals surface area (Å²) in [5, 5.41) is 3.17. The second-order valence-corrected chi connectivity index (χ2v) is 9.05. The molecule has 2 aromatic heterocycles. The van der Waals surface area contributed by atoms with Gasteiger partial charge in [0.25, 0.3) is 5.91 Å². The lowest BCUT2D eigenvalue weighted by Gasteiger charge is -2.19. The predicted octanol–water partition coefficient (Wildman–Crippen LogP) is 5.66. The van der Waals surface area contributed by atoms with Crippen LogP contribution in [0.4, 0.5) is 9.39 Å². The number of hydrogen-bond acceptors (Lipinski definition) is 5. The maximum absolute atomic E-state index is 15.3. The van der Waals surface area contributed by atoms with Gasteiger partial charge in [0.05, 0.1) is 10.7 Å². The molecule has 1 N–H and O–H groups in total. The molecule has 27 heavy (non-hydrogen) atoms. The number of aromatic nitrogens is 2. The highest BCUT2D eigenvalue weighted by atomic mass is 35.5. The molecule has 0 saturated heterocycles. The fourth-order valence-corrected chi connectivity index (χ4v) is 3.51. The van der Waals surface area contributed by atoms with Gasteiger partial charge >= 0.3 is 0 Å². The smallest absolute Gasteiger partial charge is 0.267 e. The quantitative estimate of drug-likeness (QED) is 0.603. The average molecular weight is 410 g/mol. The van der Waals surface area contributed by atoms with Crippen LogP contribution in [0.1, 0.15) is 44.8 Å². The molecule has 0 bridgehead atoms. The normalized spacial score (nSPS) is 14.3. The summed E-state index contributed by atoms with van der Waals surface area (Å²) in [6, 6.07) is 4.72. The minimum Gasteiger partial charge on any atom is -0.441 e. The van der Waals surface area contributed by atoms with E-state index in [0.29, 0.717) is 39.1 Å². The highest BCUT2D eigenvalue weighted by Crippen LogP contribution is 2.34. The Balaban J connectivity index is 1.87. The Morgan fingerprint density at radius 2 is 2.04 bits per heavy atom. The number of amides is 1. The molecule has 0 radical (unpaired) electrons. The van der Waals surface area contributed by atoms with Gasteiger partial charge in [0.15, 0.2) is 11.5 Å². The standard InChI is InChI=1S/C19H21ClFN3O2S/c1-10-15(20)16(27-24-10)23-17(25)19(5,21)11-6-7-13-12(8-11)22-14(26-13)9-18(2,3)4/h6-8H,9H2,1-5H3,(H,23,25). The number of aryl methyl sites for hydroxylation is 1. The monoisotopic (exact) mass is 409 g/mol. The van der Waals surface area contributed by atoms with Crippen LogP contribution in [0.15, 0.2) is 22.6 Å². The van der Waals surface area contributed by atoms with Crippen molar-refractivity contribution in [3.63, 3.8) is 0 Å². The van der Waals surface area contributed by atoms with Crippen molar-refractivity contribution in [3.05, 3.63) is 40.4 Å². The molecule has 1 aromatic carbocycles. The van der Waals surface area contributed by atoms with Crippen molar-refractivity contribution in [1.82, 2.24) is 9.36 Å². The summed E-state index contributed by atoms with van der Waals surface area (Å²) in [7, 11) is 0. The van der Waals surface area contributed by atoms with Gasteiger partial charge in [-0.3, -0.25) is 4.79 Å². The van der Waals surface area contributed by atoms with Crippen LogP contribution in [-0.4, -0.2) is 15.3 Å². The van der Waals surface area contributed by atoms with Gasteiger partial charge < -0.3 is 9.73 Å². The van der Waals surface area contributed by atoms with Crippen LogP contribution in [0.3, 0.4) is 0 Å². The lowest BCUT2D eigenvalue weighted by molar-refractivity contribution is -0.126. The van der Waals surface area contributed by atoms with Crippen LogP contribution < -0.4 is 5.32 Å². The fourth-order valence-electron chi connectivity index (χ4n) is 2.58. The number of carbonyl (C=O) groups excluding carboxylic acids is 1. The van der Waals surface area contributed by atoms with E-state index in [2.05, 4.69) is 35.4 Å². The van der Waals surface area contributed by atoms with Gasteiger partial charge in [0.2, 0.25) is 5.67 Å². The summed E-state index contributed by atoms with van der Waals surface area (Å²) in [4.78, 5) is 17.0. The number of hydrogen-bond donors (Lipinski definition) is 1. The zero-order chi connectivity index (χ0) is 20.0. The second kappa shape index (κ2) is 6.87. The summed E-state index contributed by atoms with van der Waals surface area (Å²) < 4.78 is 25.1. The molecule has 0 fully saturated rings. The first-order valence-corrected chi connectivity index (χ1v) is 9.64. The number of halogens is 2. The molecule has 0 saturated carbocycles. The molecule has 3 rings (SSSR count). The van der Waals surface area contributed by atoms with Gasteiger partial charge in [0.1, 0.15) is 10.5 Å². The Kier molecular flexibility index (Phi) is 5.03. The largest absolute Gasteiger partial charge is 0.441 e. The molecule has 2 heterocycles. The van der Waals surface area contributed by atoms with Gasteiger partial charge in [-0.15, -0.1) is 0 Å². The maximum atomic E-state index is 15.3. The van der Waals surface area contributed by atoms with Crippen LogP contribution in [0, 0.1) is 12.3 Å². The van der Waals surface area contributed by atoms with E-state index >= 15 is 4.39 Å². The summed E-state index contributed by atoms with van der Waals surface area (Å²) in [5.74, 6) is -0.225. The van der Waals surface area contributed by atoms with E-state index < -0.39 is 11.6 Å². The number of carbonyl (C=O) groups is 1. The summed E-state index contributed by atoms with van der Waals surface area (Å²) in [6.07, 6.45) is 0.660. The van der Waals surface area contributed by atoms with Gasteiger partial charge in [-0.2, -0.15) is 4.37 Å². The fraction of sp³-hybridized carbons (Fsp3) is 0.421. The molecule has 0 aliphatic heterocycles. The maximum Gasteiger partial charge on any atom is 0.267 e. The van der Waals surface area contributed by atoms with E-state index in [4.69, 9.17) is 16.0 Å².